The van der Waals surface area contributed by atoms with Crippen LogP contribution in [0.2, 0.25) is 0 Å². The Morgan fingerprint density at radius 3 is 2.69 bits per heavy atom. The van der Waals surface area contributed by atoms with Crippen molar-refractivity contribution in [1.82, 2.24) is 5.32 Å². The van der Waals surface area contributed by atoms with Gasteiger partial charge in [0, 0.05) is 6.04 Å². The van der Waals surface area contributed by atoms with Crippen LogP contribution in [0.5, 0.6) is 0 Å². The van der Waals surface area contributed by atoms with E-state index in [1.54, 1.807) is 5.57 Å². The fraction of sp³-hybridized carbons (Fsp3) is 0.833. The molecule has 1 aliphatic heterocycles. The first-order valence-electron chi connectivity index (χ1n) is 5.80. The maximum Gasteiger partial charge on any atom is 0.0251 e. The quantitative estimate of drug-likeness (QED) is 0.610. The van der Waals surface area contributed by atoms with Gasteiger partial charge in [0.25, 0.3) is 0 Å². The Kier molecular flexibility index (Phi) is 3.05. The van der Waals surface area contributed by atoms with Crippen LogP contribution in [0.3, 0.4) is 0 Å². The van der Waals surface area contributed by atoms with Gasteiger partial charge in [0.15, 0.2) is 0 Å². The standard InChI is InChI=1S/C12H21N/c1-10-12(7-4-8-13-10)9-11-5-2-3-6-11/h9-11,13H,2-8H2,1H3/b12-9-. The first kappa shape index (κ1) is 9.26. The van der Waals surface area contributed by atoms with Gasteiger partial charge in [-0.05, 0) is 45.1 Å². The van der Waals surface area contributed by atoms with Crippen molar-refractivity contribution in [3.05, 3.63) is 11.6 Å². The number of allylic oxidation sites excluding steroid dienone is 1. The minimum Gasteiger partial charge on any atom is -0.311 e. The fourth-order valence-electron chi connectivity index (χ4n) is 2.61. The summed E-state index contributed by atoms with van der Waals surface area (Å²) >= 11 is 0. The van der Waals surface area contributed by atoms with Crippen LogP contribution >= 0.6 is 0 Å². The molecule has 1 atom stereocenters. The number of rotatable bonds is 1. The molecule has 0 spiro atoms. The molecule has 0 aromatic carbocycles. The van der Waals surface area contributed by atoms with Gasteiger partial charge in [-0.25, -0.2) is 0 Å². The molecule has 1 aliphatic carbocycles. The highest BCUT2D eigenvalue weighted by molar-refractivity contribution is 5.14. The van der Waals surface area contributed by atoms with Crippen LogP contribution in [-0.2, 0) is 0 Å². The summed E-state index contributed by atoms with van der Waals surface area (Å²) in [6.45, 7) is 3.52. The van der Waals surface area contributed by atoms with Crippen LogP contribution in [-0.4, -0.2) is 12.6 Å². The molecule has 0 aromatic heterocycles. The van der Waals surface area contributed by atoms with Crippen molar-refractivity contribution in [2.24, 2.45) is 5.92 Å². The van der Waals surface area contributed by atoms with Crippen molar-refractivity contribution in [2.75, 3.05) is 6.54 Å². The first-order valence-corrected chi connectivity index (χ1v) is 5.80. The minimum absolute atomic E-state index is 0.648. The van der Waals surface area contributed by atoms with Gasteiger partial charge < -0.3 is 5.32 Å². The van der Waals surface area contributed by atoms with E-state index in [4.69, 9.17) is 0 Å². The lowest BCUT2D eigenvalue weighted by Crippen LogP contribution is -2.33. The van der Waals surface area contributed by atoms with E-state index < -0.39 is 0 Å². The molecule has 1 unspecified atom stereocenters. The molecule has 1 N–H and O–H groups in total. The number of piperidine rings is 1. The molecule has 0 aromatic rings. The summed E-state index contributed by atoms with van der Waals surface area (Å²) in [6.07, 6.45) is 11.0. The Morgan fingerprint density at radius 1 is 1.23 bits per heavy atom. The predicted molar refractivity (Wildman–Crippen MR) is 56.7 cm³/mol. The molecule has 1 saturated heterocycles. The van der Waals surface area contributed by atoms with Gasteiger partial charge in [-0.2, -0.15) is 0 Å². The molecule has 1 heteroatoms. The molecule has 0 bridgehead atoms. The Balaban J connectivity index is 1.95. The SMILES string of the molecule is CC1NCCC/C1=C/C1CCCC1. The molecular formula is C12H21N. The van der Waals surface area contributed by atoms with Crippen LogP contribution in [0, 0.1) is 5.92 Å². The van der Waals surface area contributed by atoms with Crippen LogP contribution in [0.1, 0.15) is 45.4 Å². The summed E-state index contributed by atoms with van der Waals surface area (Å²) < 4.78 is 0. The second-order valence-corrected chi connectivity index (χ2v) is 4.57. The lowest BCUT2D eigenvalue weighted by molar-refractivity contribution is 0.507. The zero-order chi connectivity index (χ0) is 9.10. The summed E-state index contributed by atoms with van der Waals surface area (Å²) in [6, 6.07) is 0.648. The molecule has 2 fully saturated rings. The Labute approximate surface area is 81.6 Å². The van der Waals surface area contributed by atoms with Crippen molar-refractivity contribution >= 4 is 0 Å². The van der Waals surface area contributed by atoms with Crippen molar-refractivity contribution in [3.8, 4) is 0 Å². The molecular weight excluding hydrogens is 158 g/mol. The summed E-state index contributed by atoms with van der Waals surface area (Å²) in [5, 5.41) is 3.54. The maximum atomic E-state index is 3.54. The Morgan fingerprint density at radius 2 is 2.00 bits per heavy atom. The normalized spacial score (nSPS) is 34.2. The second kappa shape index (κ2) is 4.28. The molecule has 74 valence electrons. The molecule has 0 radical (unpaired) electrons. The number of hydrogen-bond donors (Lipinski definition) is 1. The second-order valence-electron chi connectivity index (χ2n) is 4.57. The van der Waals surface area contributed by atoms with Gasteiger partial charge in [-0.3, -0.25) is 0 Å². The fourth-order valence-corrected chi connectivity index (χ4v) is 2.61. The van der Waals surface area contributed by atoms with Gasteiger partial charge >= 0.3 is 0 Å². The zero-order valence-corrected chi connectivity index (χ0v) is 8.68. The van der Waals surface area contributed by atoms with Crippen LogP contribution in [0.4, 0.5) is 0 Å². The zero-order valence-electron chi connectivity index (χ0n) is 8.68. The Bertz CT molecular complexity index is 189. The highest BCUT2D eigenvalue weighted by atomic mass is 14.9. The minimum atomic E-state index is 0.648. The maximum absolute atomic E-state index is 3.54. The van der Waals surface area contributed by atoms with Crippen LogP contribution in [0.15, 0.2) is 11.6 Å². The average Bonchev–Trinajstić information content (AvgIpc) is 2.61. The monoisotopic (exact) mass is 179 g/mol. The highest BCUT2D eigenvalue weighted by Gasteiger charge is 2.17. The molecule has 1 nitrogen and oxygen atoms in total. The van der Waals surface area contributed by atoms with E-state index in [-0.39, 0.29) is 0 Å². The van der Waals surface area contributed by atoms with Gasteiger partial charge in [0.1, 0.15) is 0 Å². The molecule has 1 saturated carbocycles. The van der Waals surface area contributed by atoms with Gasteiger partial charge in [-0.15, -0.1) is 0 Å². The average molecular weight is 179 g/mol. The summed E-state index contributed by atoms with van der Waals surface area (Å²) in [7, 11) is 0. The van der Waals surface area contributed by atoms with Crippen molar-refractivity contribution in [2.45, 2.75) is 51.5 Å². The summed E-state index contributed by atoms with van der Waals surface area (Å²) in [5.41, 5.74) is 1.68. The lowest BCUT2D eigenvalue weighted by Gasteiger charge is -2.24. The van der Waals surface area contributed by atoms with Gasteiger partial charge in [0.2, 0.25) is 0 Å². The van der Waals surface area contributed by atoms with E-state index in [2.05, 4.69) is 18.3 Å². The molecule has 2 rings (SSSR count). The van der Waals surface area contributed by atoms with E-state index >= 15 is 0 Å². The van der Waals surface area contributed by atoms with Gasteiger partial charge in [-0.1, -0.05) is 24.5 Å². The summed E-state index contributed by atoms with van der Waals surface area (Å²) in [5.74, 6) is 0.914. The Hall–Kier alpha value is -0.300. The molecule has 2 aliphatic rings. The third-order valence-electron chi connectivity index (χ3n) is 3.50. The van der Waals surface area contributed by atoms with E-state index in [1.165, 1.54) is 45.1 Å². The van der Waals surface area contributed by atoms with E-state index in [1.807, 2.05) is 0 Å². The molecule has 1 heterocycles. The third kappa shape index (κ3) is 2.34. The highest BCUT2D eigenvalue weighted by Crippen LogP contribution is 2.28. The number of nitrogens with one attached hydrogen (secondary N) is 1. The smallest absolute Gasteiger partial charge is 0.0251 e. The van der Waals surface area contributed by atoms with E-state index in [9.17, 15) is 0 Å². The predicted octanol–water partition coefficient (Wildman–Crippen LogP) is 2.87. The third-order valence-corrected chi connectivity index (χ3v) is 3.50. The van der Waals surface area contributed by atoms with Crippen LogP contribution < -0.4 is 5.32 Å². The lowest BCUT2D eigenvalue weighted by atomic mass is 9.94. The first-order chi connectivity index (χ1) is 6.36. The van der Waals surface area contributed by atoms with Crippen molar-refractivity contribution < 1.29 is 0 Å². The topological polar surface area (TPSA) is 12.0 Å². The van der Waals surface area contributed by atoms with E-state index in [0.717, 1.165) is 5.92 Å². The van der Waals surface area contributed by atoms with Gasteiger partial charge in [0.05, 0.1) is 0 Å². The number of hydrogen-bond acceptors (Lipinski definition) is 1. The van der Waals surface area contributed by atoms with E-state index in [0.29, 0.717) is 6.04 Å². The van der Waals surface area contributed by atoms with Crippen molar-refractivity contribution in [3.63, 3.8) is 0 Å². The van der Waals surface area contributed by atoms with Crippen LogP contribution in [0.25, 0.3) is 0 Å². The van der Waals surface area contributed by atoms with Crippen molar-refractivity contribution in [1.29, 1.82) is 0 Å². The largest absolute Gasteiger partial charge is 0.311 e. The molecule has 13 heavy (non-hydrogen) atoms. The summed E-state index contributed by atoms with van der Waals surface area (Å²) in [4.78, 5) is 0. The molecule has 0 amide bonds.